The number of nitrogens with one attached hydrogen (secondary N) is 1. The lowest BCUT2D eigenvalue weighted by atomic mass is 9.92. The quantitative estimate of drug-likeness (QED) is 0.860. The van der Waals surface area contributed by atoms with Gasteiger partial charge in [0, 0.05) is 38.3 Å². The molecule has 0 spiro atoms. The van der Waals surface area contributed by atoms with Crippen molar-refractivity contribution in [2.45, 2.75) is 44.2 Å². The van der Waals surface area contributed by atoms with E-state index in [-0.39, 0.29) is 18.9 Å². The van der Waals surface area contributed by atoms with Crippen molar-refractivity contribution in [3.8, 4) is 0 Å². The summed E-state index contributed by atoms with van der Waals surface area (Å²) >= 11 is 0. The summed E-state index contributed by atoms with van der Waals surface area (Å²) in [7, 11) is 1.90. The molecule has 0 aliphatic heterocycles. The third-order valence-electron chi connectivity index (χ3n) is 3.11. The van der Waals surface area contributed by atoms with Crippen LogP contribution in [0, 0.1) is 0 Å². The SMILES string of the molecule is Cn1ccnc1CN[C@@H]1CCCC(F)(F)C1. The third-order valence-corrected chi connectivity index (χ3v) is 3.11. The van der Waals surface area contributed by atoms with Crippen LogP contribution in [0.3, 0.4) is 0 Å². The summed E-state index contributed by atoms with van der Waals surface area (Å²) in [5, 5.41) is 3.16. The van der Waals surface area contributed by atoms with E-state index >= 15 is 0 Å². The molecule has 5 heteroatoms. The van der Waals surface area contributed by atoms with Crippen molar-refractivity contribution in [2.75, 3.05) is 0 Å². The van der Waals surface area contributed by atoms with Crippen molar-refractivity contribution in [3.05, 3.63) is 18.2 Å². The second kappa shape index (κ2) is 4.49. The maximum absolute atomic E-state index is 13.1. The number of hydrogen-bond acceptors (Lipinski definition) is 2. The van der Waals surface area contributed by atoms with Gasteiger partial charge in [0.15, 0.2) is 0 Å². The zero-order chi connectivity index (χ0) is 11.6. The van der Waals surface area contributed by atoms with Crippen molar-refractivity contribution in [1.82, 2.24) is 14.9 Å². The van der Waals surface area contributed by atoms with Crippen LogP contribution in [0.4, 0.5) is 8.78 Å². The molecule has 0 radical (unpaired) electrons. The lowest BCUT2D eigenvalue weighted by molar-refractivity contribution is -0.0443. The number of rotatable bonds is 3. The Kier molecular flexibility index (Phi) is 3.23. The third kappa shape index (κ3) is 2.78. The van der Waals surface area contributed by atoms with Gasteiger partial charge < -0.3 is 9.88 Å². The average molecular weight is 229 g/mol. The predicted molar refractivity (Wildman–Crippen MR) is 57.3 cm³/mol. The molecule has 1 N–H and O–H groups in total. The Hall–Kier alpha value is -0.970. The van der Waals surface area contributed by atoms with E-state index in [0.717, 1.165) is 12.2 Å². The van der Waals surface area contributed by atoms with Gasteiger partial charge in [0.1, 0.15) is 5.82 Å². The van der Waals surface area contributed by atoms with Crippen LogP contribution in [0.2, 0.25) is 0 Å². The second-order valence-corrected chi connectivity index (χ2v) is 4.48. The minimum absolute atomic E-state index is 0.0353. The van der Waals surface area contributed by atoms with Gasteiger partial charge in [-0.2, -0.15) is 0 Å². The Morgan fingerprint density at radius 1 is 1.62 bits per heavy atom. The van der Waals surface area contributed by atoms with Crippen LogP contribution in [0.25, 0.3) is 0 Å². The van der Waals surface area contributed by atoms with Crippen molar-refractivity contribution < 1.29 is 8.78 Å². The number of aromatic nitrogens is 2. The highest BCUT2D eigenvalue weighted by Crippen LogP contribution is 2.33. The standard InChI is InChI=1S/C11H17F2N3/c1-16-6-5-14-10(16)8-15-9-3-2-4-11(12,13)7-9/h5-6,9,15H,2-4,7-8H2,1H3/t9-/m1/s1. The van der Waals surface area contributed by atoms with Gasteiger partial charge >= 0.3 is 0 Å². The minimum atomic E-state index is -2.49. The first-order valence-electron chi connectivity index (χ1n) is 5.64. The van der Waals surface area contributed by atoms with E-state index in [9.17, 15) is 8.78 Å². The average Bonchev–Trinajstić information content (AvgIpc) is 2.60. The molecule has 1 aromatic rings. The van der Waals surface area contributed by atoms with Gasteiger partial charge in [0.05, 0.1) is 6.54 Å². The molecule has 0 bridgehead atoms. The van der Waals surface area contributed by atoms with Crippen LogP contribution in [-0.2, 0) is 13.6 Å². The molecule has 1 fully saturated rings. The highest BCUT2D eigenvalue weighted by Gasteiger charge is 2.35. The summed E-state index contributed by atoms with van der Waals surface area (Å²) < 4.78 is 28.2. The van der Waals surface area contributed by atoms with Crippen molar-refractivity contribution in [1.29, 1.82) is 0 Å². The molecule has 16 heavy (non-hydrogen) atoms. The smallest absolute Gasteiger partial charge is 0.249 e. The van der Waals surface area contributed by atoms with E-state index in [2.05, 4.69) is 10.3 Å². The molecule has 0 amide bonds. The molecule has 90 valence electrons. The second-order valence-electron chi connectivity index (χ2n) is 4.48. The van der Waals surface area contributed by atoms with Gasteiger partial charge in [-0.05, 0) is 12.8 Å². The largest absolute Gasteiger partial charge is 0.337 e. The molecule has 1 aliphatic carbocycles. The van der Waals surface area contributed by atoms with Gasteiger partial charge in [-0.25, -0.2) is 13.8 Å². The topological polar surface area (TPSA) is 29.9 Å². The predicted octanol–water partition coefficient (Wildman–Crippen LogP) is 2.09. The molecule has 1 saturated carbocycles. The maximum atomic E-state index is 13.1. The monoisotopic (exact) mass is 229 g/mol. The zero-order valence-corrected chi connectivity index (χ0v) is 9.42. The molecule has 0 saturated heterocycles. The fraction of sp³-hybridized carbons (Fsp3) is 0.727. The zero-order valence-electron chi connectivity index (χ0n) is 9.42. The van der Waals surface area contributed by atoms with Gasteiger partial charge in [0.2, 0.25) is 5.92 Å². The number of hydrogen-bond donors (Lipinski definition) is 1. The van der Waals surface area contributed by atoms with E-state index < -0.39 is 5.92 Å². The molecule has 0 aromatic carbocycles. The summed E-state index contributed by atoms with van der Waals surface area (Å²) in [6.07, 6.45) is 5.00. The summed E-state index contributed by atoms with van der Waals surface area (Å²) in [6.45, 7) is 0.560. The fourth-order valence-corrected chi connectivity index (χ4v) is 2.15. The van der Waals surface area contributed by atoms with Crippen LogP contribution >= 0.6 is 0 Å². The molecule has 2 rings (SSSR count). The fourth-order valence-electron chi connectivity index (χ4n) is 2.15. The van der Waals surface area contributed by atoms with Crippen LogP contribution in [0.15, 0.2) is 12.4 Å². The summed E-state index contributed by atoms with van der Waals surface area (Å²) in [5.41, 5.74) is 0. The maximum Gasteiger partial charge on any atom is 0.249 e. The van der Waals surface area contributed by atoms with Crippen LogP contribution < -0.4 is 5.32 Å². The molecular formula is C11H17F2N3. The molecular weight excluding hydrogens is 212 g/mol. The van der Waals surface area contributed by atoms with Crippen LogP contribution in [-0.4, -0.2) is 21.5 Å². The highest BCUT2D eigenvalue weighted by atomic mass is 19.3. The van der Waals surface area contributed by atoms with Crippen LogP contribution in [0.5, 0.6) is 0 Å². The first-order valence-corrected chi connectivity index (χ1v) is 5.64. The lowest BCUT2D eigenvalue weighted by Gasteiger charge is -2.29. The van der Waals surface area contributed by atoms with E-state index in [1.165, 1.54) is 0 Å². The van der Waals surface area contributed by atoms with E-state index in [1.54, 1.807) is 6.20 Å². The van der Waals surface area contributed by atoms with Gasteiger partial charge in [-0.3, -0.25) is 0 Å². The minimum Gasteiger partial charge on any atom is -0.337 e. The number of halogens is 2. The van der Waals surface area contributed by atoms with E-state index in [0.29, 0.717) is 13.0 Å². The van der Waals surface area contributed by atoms with E-state index in [1.807, 2.05) is 17.8 Å². The van der Waals surface area contributed by atoms with E-state index in [4.69, 9.17) is 0 Å². The molecule has 1 heterocycles. The number of nitrogens with zero attached hydrogens (tertiary/aromatic N) is 2. The molecule has 1 aromatic heterocycles. The first-order chi connectivity index (χ1) is 7.57. The first kappa shape index (κ1) is 11.5. The molecule has 1 aliphatic rings. The normalized spacial score (nSPS) is 24.6. The summed E-state index contributed by atoms with van der Waals surface area (Å²) in [4.78, 5) is 4.15. The number of alkyl halides is 2. The Morgan fingerprint density at radius 3 is 3.06 bits per heavy atom. The Labute approximate surface area is 93.9 Å². The number of aryl methyl sites for hydroxylation is 1. The molecule has 1 atom stereocenters. The van der Waals surface area contributed by atoms with Gasteiger partial charge in [-0.15, -0.1) is 0 Å². The lowest BCUT2D eigenvalue weighted by Crippen LogP contribution is -2.39. The van der Waals surface area contributed by atoms with Crippen molar-refractivity contribution in [2.24, 2.45) is 7.05 Å². The van der Waals surface area contributed by atoms with Gasteiger partial charge in [-0.1, -0.05) is 0 Å². The molecule has 3 nitrogen and oxygen atoms in total. The number of imidazole rings is 1. The van der Waals surface area contributed by atoms with Crippen molar-refractivity contribution >= 4 is 0 Å². The van der Waals surface area contributed by atoms with Crippen molar-refractivity contribution in [3.63, 3.8) is 0 Å². The molecule has 0 unspecified atom stereocenters. The van der Waals surface area contributed by atoms with Gasteiger partial charge in [0.25, 0.3) is 0 Å². The Balaban J connectivity index is 1.84. The van der Waals surface area contributed by atoms with Crippen LogP contribution in [0.1, 0.15) is 31.5 Å². The highest BCUT2D eigenvalue weighted by molar-refractivity contribution is 4.92. The Bertz CT molecular complexity index is 349. The summed E-state index contributed by atoms with van der Waals surface area (Å²) in [5.74, 6) is -1.61. The summed E-state index contributed by atoms with van der Waals surface area (Å²) in [6, 6.07) is -0.0829. The Morgan fingerprint density at radius 2 is 2.44 bits per heavy atom.